The first-order valence-corrected chi connectivity index (χ1v) is 11.0. The van der Waals surface area contributed by atoms with E-state index in [9.17, 15) is 9.59 Å². The van der Waals surface area contributed by atoms with Crippen molar-refractivity contribution in [1.82, 2.24) is 14.4 Å². The zero-order valence-corrected chi connectivity index (χ0v) is 19.7. The number of nitrogens with zero attached hydrogens (tertiary/aromatic N) is 3. The fourth-order valence-corrected chi connectivity index (χ4v) is 3.40. The summed E-state index contributed by atoms with van der Waals surface area (Å²) in [5.41, 5.74) is 1.62. The molecule has 0 aliphatic heterocycles. The third kappa shape index (κ3) is 6.73. The van der Waals surface area contributed by atoms with Crippen LogP contribution in [0.4, 0.5) is 10.5 Å². The van der Waals surface area contributed by atoms with Gasteiger partial charge < -0.3 is 28.8 Å². The first kappa shape index (κ1) is 23.6. The Kier molecular flexibility index (Phi) is 8.52. The molecule has 3 aromatic rings. The number of methoxy groups -OCH3 is 1. The number of carbonyl (C=O) groups is 2. The van der Waals surface area contributed by atoms with E-state index in [1.165, 1.54) is 4.90 Å². The molecule has 0 radical (unpaired) electrons. The highest BCUT2D eigenvalue weighted by molar-refractivity contribution is 9.10. The molecule has 0 saturated heterocycles. The van der Waals surface area contributed by atoms with Gasteiger partial charge in [-0.3, -0.25) is 4.79 Å². The molecular weight excluding hydrogens is 476 g/mol. The summed E-state index contributed by atoms with van der Waals surface area (Å²) in [6.45, 7) is 1.22. The Morgan fingerprint density at radius 2 is 1.88 bits per heavy atom. The summed E-state index contributed by atoms with van der Waals surface area (Å²) in [6, 6.07) is 14.4. The van der Waals surface area contributed by atoms with Gasteiger partial charge in [0.05, 0.1) is 26.0 Å². The van der Waals surface area contributed by atoms with Gasteiger partial charge in [0.1, 0.15) is 12.3 Å². The Morgan fingerprint density at radius 3 is 2.50 bits per heavy atom. The number of aromatic nitrogens is 1. The number of halogens is 1. The lowest BCUT2D eigenvalue weighted by Crippen LogP contribution is -2.45. The zero-order chi connectivity index (χ0) is 22.9. The van der Waals surface area contributed by atoms with Gasteiger partial charge in [0.2, 0.25) is 5.91 Å². The van der Waals surface area contributed by atoms with Crippen LogP contribution in [0.2, 0.25) is 0 Å². The van der Waals surface area contributed by atoms with Gasteiger partial charge in [-0.25, -0.2) is 4.79 Å². The van der Waals surface area contributed by atoms with E-state index in [4.69, 9.17) is 9.15 Å². The third-order valence-electron chi connectivity index (χ3n) is 4.96. The van der Waals surface area contributed by atoms with Crippen molar-refractivity contribution >= 4 is 33.6 Å². The fourth-order valence-electron chi connectivity index (χ4n) is 3.13. The zero-order valence-electron chi connectivity index (χ0n) is 18.2. The van der Waals surface area contributed by atoms with Crippen molar-refractivity contribution in [2.75, 3.05) is 32.1 Å². The number of hydrogen-bond donors (Lipinski definition) is 1. The number of anilines is 1. The molecule has 2 heterocycles. The predicted molar refractivity (Wildman–Crippen MR) is 125 cm³/mol. The number of carbonyl (C=O) groups excluding carboxylic acids is 2. The largest absolute Gasteiger partial charge is 0.467 e. The summed E-state index contributed by atoms with van der Waals surface area (Å²) in [7, 11) is 3.49. The Hall–Kier alpha value is -3.04. The average molecular weight is 503 g/mol. The van der Waals surface area contributed by atoms with Gasteiger partial charge in [-0.15, -0.1) is 0 Å². The van der Waals surface area contributed by atoms with Crippen LogP contribution < -0.4 is 5.32 Å². The molecule has 3 rings (SSSR count). The topological polar surface area (TPSA) is 80.0 Å². The number of urea groups is 1. The van der Waals surface area contributed by atoms with Gasteiger partial charge in [0.25, 0.3) is 0 Å². The molecule has 3 amide bonds. The number of rotatable bonds is 10. The van der Waals surface area contributed by atoms with Crippen LogP contribution in [0.3, 0.4) is 0 Å². The van der Waals surface area contributed by atoms with Crippen LogP contribution in [-0.4, -0.2) is 53.1 Å². The summed E-state index contributed by atoms with van der Waals surface area (Å²) < 4.78 is 13.5. The van der Waals surface area contributed by atoms with Crippen LogP contribution in [-0.2, 0) is 29.7 Å². The average Bonchev–Trinajstić information content (AvgIpc) is 3.44. The summed E-state index contributed by atoms with van der Waals surface area (Å²) in [6.07, 6.45) is 3.51. The fraction of sp³-hybridized carbons (Fsp3) is 0.304. The Labute approximate surface area is 195 Å². The molecule has 0 bridgehead atoms. The van der Waals surface area contributed by atoms with Gasteiger partial charge in [-0.1, -0.05) is 15.9 Å². The lowest BCUT2D eigenvalue weighted by atomic mass is 10.3. The maximum absolute atomic E-state index is 13.3. The SMILES string of the molecule is COCCN(CC(=O)N(Cc1ccco1)Cc1cccn1C)C(=O)Nc1ccc(Br)cc1. The van der Waals surface area contributed by atoms with Crippen molar-refractivity contribution in [3.63, 3.8) is 0 Å². The standard InChI is InChI=1S/C23H27BrN4O4/c1-26-11-3-5-20(26)15-28(16-21-6-4-13-32-21)22(29)17-27(12-14-31-2)23(30)25-19-9-7-18(24)8-10-19/h3-11,13H,12,14-17H2,1-2H3,(H,25,30). The van der Waals surface area contributed by atoms with Gasteiger partial charge in [-0.05, 0) is 48.5 Å². The molecule has 0 atom stereocenters. The molecule has 9 heteroatoms. The van der Waals surface area contributed by atoms with Crippen molar-refractivity contribution in [1.29, 1.82) is 0 Å². The minimum Gasteiger partial charge on any atom is -0.467 e. The van der Waals surface area contributed by atoms with Crippen molar-refractivity contribution in [2.24, 2.45) is 7.05 Å². The van der Waals surface area contributed by atoms with Crippen LogP contribution in [0.15, 0.2) is 69.9 Å². The van der Waals surface area contributed by atoms with Crippen molar-refractivity contribution in [3.05, 3.63) is 76.9 Å². The number of hydrogen-bond acceptors (Lipinski definition) is 4. The quantitative estimate of drug-likeness (QED) is 0.452. The monoisotopic (exact) mass is 502 g/mol. The predicted octanol–water partition coefficient (Wildman–Crippen LogP) is 4.09. The molecule has 170 valence electrons. The van der Waals surface area contributed by atoms with E-state index >= 15 is 0 Å². The number of furan rings is 1. The first-order chi connectivity index (χ1) is 15.5. The Morgan fingerprint density at radius 1 is 1.09 bits per heavy atom. The minimum absolute atomic E-state index is 0.0865. The molecule has 0 fully saturated rings. The smallest absolute Gasteiger partial charge is 0.322 e. The maximum atomic E-state index is 13.3. The van der Waals surface area contributed by atoms with Gasteiger partial charge >= 0.3 is 6.03 Å². The number of amides is 3. The molecule has 1 aromatic carbocycles. The second-order valence-corrected chi connectivity index (χ2v) is 8.21. The molecule has 1 N–H and O–H groups in total. The lowest BCUT2D eigenvalue weighted by molar-refractivity contribution is -0.133. The van der Waals surface area contributed by atoms with Crippen molar-refractivity contribution in [2.45, 2.75) is 13.1 Å². The third-order valence-corrected chi connectivity index (χ3v) is 5.49. The Balaban J connectivity index is 1.73. The summed E-state index contributed by atoms with van der Waals surface area (Å²) in [4.78, 5) is 29.3. The van der Waals surface area contributed by atoms with E-state index in [-0.39, 0.29) is 25.0 Å². The van der Waals surface area contributed by atoms with E-state index in [1.54, 1.807) is 36.5 Å². The highest BCUT2D eigenvalue weighted by Gasteiger charge is 2.23. The second kappa shape index (κ2) is 11.5. The molecular formula is C23H27BrN4O4. The molecule has 0 unspecified atom stereocenters. The van der Waals surface area contributed by atoms with E-state index in [2.05, 4.69) is 21.2 Å². The molecule has 0 saturated carbocycles. The normalized spacial score (nSPS) is 10.7. The number of ether oxygens (including phenoxy) is 1. The van der Waals surface area contributed by atoms with Gasteiger partial charge in [-0.2, -0.15) is 0 Å². The summed E-state index contributed by atoms with van der Waals surface area (Å²) in [5.74, 6) is 0.486. The Bertz CT molecular complexity index is 1000. The number of nitrogens with one attached hydrogen (secondary N) is 1. The van der Waals surface area contributed by atoms with Crippen molar-refractivity contribution in [3.8, 4) is 0 Å². The first-order valence-electron chi connectivity index (χ1n) is 10.2. The van der Waals surface area contributed by atoms with E-state index in [0.717, 1.165) is 10.2 Å². The second-order valence-electron chi connectivity index (χ2n) is 7.29. The summed E-state index contributed by atoms with van der Waals surface area (Å²) >= 11 is 3.38. The van der Waals surface area contributed by atoms with Crippen LogP contribution >= 0.6 is 15.9 Å². The maximum Gasteiger partial charge on any atom is 0.322 e. The summed E-state index contributed by atoms with van der Waals surface area (Å²) in [5, 5.41) is 2.84. The van der Waals surface area contributed by atoms with E-state index in [1.807, 2.05) is 48.1 Å². The van der Waals surface area contributed by atoms with Crippen LogP contribution in [0, 0.1) is 0 Å². The lowest BCUT2D eigenvalue weighted by Gasteiger charge is -2.27. The number of aryl methyl sites for hydroxylation is 1. The van der Waals surface area contributed by atoms with E-state index in [0.29, 0.717) is 31.1 Å². The highest BCUT2D eigenvalue weighted by Crippen LogP contribution is 2.15. The molecule has 32 heavy (non-hydrogen) atoms. The van der Waals surface area contributed by atoms with Crippen LogP contribution in [0.1, 0.15) is 11.5 Å². The molecule has 0 aliphatic rings. The number of benzene rings is 1. The molecule has 0 spiro atoms. The minimum atomic E-state index is -0.366. The van der Waals surface area contributed by atoms with Gasteiger partial charge in [0, 0.05) is 42.8 Å². The molecule has 0 aliphatic carbocycles. The highest BCUT2D eigenvalue weighted by atomic mass is 79.9. The molecule has 2 aromatic heterocycles. The van der Waals surface area contributed by atoms with E-state index < -0.39 is 0 Å². The van der Waals surface area contributed by atoms with Crippen LogP contribution in [0.25, 0.3) is 0 Å². The van der Waals surface area contributed by atoms with Crippen molar-refractivity contribution < 1.29 is 18.7 Å². The molecule has 8 nitrogen and oxygen atoms in total. The van der Waals surface area contributed by atoms with Gasteiger partial charge in [0.15, 0.2) is 0 Å². The van der Waals surface area contributed by atoms with Crippen LogP contribution in [0.5, 0.6) is 0 Å².